The van der Waals surface area contributed by atoms with E-state index in [0.29, 0.717) is 42.5 Å². The molecule has 1 aromatic heterocycles. The van der Waals surface area contributed by atoms with Gasteiger partial charge in [-0.05, 0) is 36.7 Å². The third-order valence-electron chi connectivity index (χ3n) is 6.79. The van der Waals surface area contributed by atoms with E-state index >= 15 is 0 Å². The quantitative estimate of drug-likeness (QED) is 0.0626. The molecule has 1 aliphatic rings. The predicted molar refractivity (Wildman–Crippen MR) is 153 cm³/mol. The number of carbonyl (C=O) groups excluding carboxylic acids is 3. The van der Waals surface area contributed by atoms with Gasteiger partial charge < -0.3 is 27.4 Å². The first-order valence-electron chi connectivity index (χ1n) is 12.4. The predicted octanol–water partition coefficient (Wildman–Crippen LogP) is -0.490. The Labute approximate surface area is 240 Å². The Balaban J connectivity index is 1.76. The van der Waals surface area contributed by atoms with Crippen LogP contribution < -0.4 is 49.5 Å². The summed E-state index contributed by atoms with van der Waals surface area (Å²) in [6.07, 6.45) is 3.00. The molecule has 0 unspecified atom stereocenters. The molecule has 1 saturated heterocycles. The van der Waals surface area contributed by atoms with Gasteiger partial charge in [-0.25, -0.2) is 41.3 Å². The molecule has 17 nitrogen and oxygen atoms in total. The van der Waals surface area contributed by atoms with E-state index in [9.17, 15) is 14.4 Å². The molecule has 1 aromatic carbocycles. The molecule has 18 heteroatoms. The van der Waals surface area contributed by atoms with E-state index < -0.39 is 40.5 Å². The highest BCUT2D eigenvalue weighted by molar-refractivity contribution is 6.32. The summed E-state index contributed by atoms with van der Waals surface area (Å²) in [6.45, 7) is 1.50. The molecular formula is C23H33ClN14O3. The molecule has 0 spiro atoms. The molecule has 0 atom stereocenters. The second-order valence-corrected chi connectivity index (χ2v) is 9.83. The maximum Gasteiger partial charge on any atom is 0.335 e. The summed E-state index contributed by atoms with van der Waals surface area (Å²) >= 11 is 6.05. The normalized spacial score (nSPS) is 14.1. The topological polar surface area (TPSA) is 289 Å². The fourth-order valence-corrected chi connectivity index (χ4v) is 4.58. The number of benzene rings is 1. The summed E-state index contributed by atoms with van der Waals surface area (Å²) in [5.74, 6) is 8.75. The fraction of sp³-hybridized carbons (Fsp3) is 0.348. The van der Waals surface area contributed by atoms with Crippen molar-refractivity contribution >= 4 is 53.1 Å². The average molecular weight is 589 g/mol. The third kappa shape index (κ3) is 7.68. The van der Waals surface area contributed by atoms with E-state index in [1.165, 1.54) is 5.56 Å². The third-order valence-corrected chi connectivity index (χ3v) is 7.05. The zero-order chi connectivity index (χ0) is 30.3. The zero-order valence-electron chi connectivity index (χ0n) is 22.1. The molecule has 0 radical (unpaired) electrons. The Morgan fingerprint density at radius 3 is 2.12 bits per heavy atom. The summed E-state index contributed by atoms with van der Waals surface area (Å²) in [6, 6.07) is 7.61. The summed E-state index contributed by atoms with van der Waals surface area (Å²) in [5, 5.41) is 21.5. The minimum absolute atomic E-state index is 0.00899. The second kappa shape index (κ2) is 13.1. The highest BCUT2D eigenvalue weighted by Crippen LogP contribution is 2.35. The van der Waals surface area contributed by atoms with Gasteiger partial charge in [0.05, 0.1) is 0 Å². The number of likely N-dealkylation sites (tertiary alicyclic amines) is 1. The van der Waals surface area contributed by atoms with E-state index in [1.807, 2.05) is 30.3 Å². The molecule has 41 heavy (non-hydrogen) atoms. The van der Waals surface area contributed by atoms with Crippen molar-refractivity contribution < 1.29 is 14.4 Å². The number of nitrogens with two attached hydrogens (primary N) is 5. The number of primary amides is 2. The standard InChI is InChI=1S/C23H33ClN14O3/c24-15-17(38(31)22(29)41)34-16(37(30)21(28)40)14(33-15)18(39)35-20(27)32-12-23(7-6-13-4-2-1-3-5-13)8-10-36(11-9-23)19(25)26/h1-5H,6-12,30-31H2,(H3,25,26)(H2,28,40)(H2,29,41)(H3,27,32,35,39). The molecule has 2 heterocycles. The lowest BCUT2D eigenvalue weighted by Crippen LogP contribution is -2.51. The number of hydrogen-bond donors (Lipinski definition) is 9. The Bertz CT molecular complexity index is 1320. The summed E-state index contributed by atoms with van der Waals surface area (Å²) < 4.78 is 0. The first kappa shape index (κ1) is 30.8. The van der Waals surface area contributed by atoms with Crippen molar-refractivity contribution in [2.75, 3.05) is 29.7 Å². The van der Waals surface area contributed by atoms with Crippen LogP contribution in [-0.2, 0) is 6.42 Å². The monoisotopic (exact) mass is 588 g/mol. The van der Waals surface area contributed by atoms with Crippen LogP contribution in [0.5, 0.6) is 0 Å². The van der Waals surface area contributed by atoms with Crippen LogP contribution in [0, 0.1) is 16.2 Å². The number of amides is 5. The van der Waals surface area contributed by atoms with E-state index in [4.69, 9.17) is 51.3 Å². The van der Waals surface area contributed by atoms with Crippen molar-refractivity contribution in [1.82, 2.24) is 25.5 Å². The second-order valence-electron chi connectivity index (χ2n) is 9.47. The number of aryl methyl sites for hydroxylation is 1. The van der Waals surface area contributed by atoms with E-state index in [2.05, 4.69) is 20.6 Å². The number of nitrogens with zero attached hydrogens (tertiary/aromatic N) is 5. The van der Waals surface area contributed by atoms with Gasteiger partial charge in [-0.15, -0.1) is 0 Å². The molecule has 0 bridgehead atoms. The lowest BCUT2D eigenvalue weighted by Gasteiger charge is -2.42. The number of anilines is 2. The minimum Gasteiger partial charge on any atom is -0.370 e. The number of hydrazine groups is 2. The van der Waals surface area contributed by atoms with Crippen LogP contribution in [0.3, 0.4) is 0 Å². The van der Waals surface area contributed by atoms with Crippen molar-refractivity contribution in [3.05, 3.63) is 46.7 Å². The highest BCUT2D eigenvalue weighted by atomic mass is 35.5. The molecule has 14 N–H and O–H groups in total. The van der Waals surface area contributed by atoms with E-state index in [0.717, 1.165) is 12.8 Å². The van der Waals surface area contributed by atoms with Crippen molar-refractivity contribution in [1.29, 1.82) is 10.8 Å². The number of carbonyl (C=O) groups is 3. The largest absolute Gasteiger partial charge is 0.370 e. The first-order chi connectivity index (χ1) is 19.3. The molecule has 1 aliphatic heterocycles. The van der Waals surface area contributed by atoms with Gasteiger partial charge in [-0.3, -0.25) is 20.9 Å². The Morgan fingerprint density at radius 2 is 1.56 bits per heavy atom. The molecule has 2 aromatic rings. The smallest absolute Gasteiger partial charge is 0.335 e. The number of halogens is 1. The summed E-state index contributed by atoms with van der Waals surface area (Å²) in [7, 11) is 0. The van der Waals surface area contributed by atoms with Gasteiger partial charge in [0, 0.05) is 19.6 Å². The van der Waals surface area contributed by atoms with Crippen molar-refractivity contribution in [3.63, 3.8) is 0 Å². The van der Waals surface area contributed by atoms with Crippen LogP contribution in [0.4, 0.5) is 21.2 Å². The van der Waals surface area contributed by atoms with Crippen molar-refractivity contribution in [2.45, 2.75) is 25.7 Å². The highest BCUT2D eigenvalue weighted by Gasteiger charge is 2.35. The van der Waals surface area contributed by atoms with Crippen LogP contribution in [-0.4, -0.2) is 64.4 Å². The van der Waals surface area contributed by atoms with Gasteiger partial charge >= 0.3 is 12.1 Å². The lowest BCUT2D eigenvalue weighted by molar-refractivity contribution is 0.0969. The van der Waals surface area contributed by atoms with Crippen molar-refractivity contribution in [2.24, 2.45) is 34.3 Å². The number of piperidine rings is 1. The first-order valence-corrected chi connectivity index (χ1v) is 12.7. The molecule has 5 amide bonds. The zero-order valence-corrected chi connectivity index (χ0v) is 22.8. The lowest BCUT2D eigenvalue weighted by atomic mass is 9.74. The van der Waals surface area contributed by atoms with Crippen LogP contribution in [0.1, 0.15) is 35.3 Å². The van der Waals surface area contributed by atoms with Crippen LogP contribution in [0.2, 0.25) is 5.15 Å². The van der Waals surface area contributed by atoms with Gasteiger partial charge in [0.15, 0.2) is 34.4 Å². The fourth-order valence-electron chi connectivity index (χ4n) is 4.36. The van der Waals surface area contributed by atoms with Crippen LogP contribution in [0.15, 0.2) is 30.3 Å². The maximum absolute atomic E-state index is 13.1. The molecule has 0 aliphatic carbocycles. The van der Waals surface area contributed by atoms with Gasteiger partial charge in [0.2, 0.25) is 0 Å². The maximum atomic E-state index is 13.1. The van der Waals surface area contributed by atoms with Crippen LogP contribution >= 0.6 is 11.6 Å². The van der Waals surface area contributed by atoms with Gasteiger partial charge in [0.1, 0.15) is 0 Å². The van der Waals surface area contributed by atoms with Gasteiger partial charge in [0.25, 0.3) is 5.91 Å². The number of urea groups is 2. The molecular weight excluding hydrogens is 556 g/mol. The Kier molecular flexibility index (Phi) is 9.82. The minimum atomic E-state index is -1.21. The Hall–Kier alpha value is -4.74. The Morgan fingerprint density at radius 1 is 0.976 bits per heavy atom. The average Bonchev–Trinajstić information content (AvgIpc) is 2.94. The molecule has 220 valence electrons. The number of nitrogens with one attached hydrogen (secondary N) is 4. The van der Waals surface area contributed by atoms with E-state index in [1.54, 1.807) is 4.90 Å². The summed E-state index contributed by atoms with van der Waals surface area (Å²) in [4.78, 5) is 45.8. The number of guanidine groups is 2. The number of aromatic nitrogens is 2. The molecule has 3 rings (SSSR count). The van der Waals surface area contributed by atoms with Gasteiger partial charge in [-0.2, -0.15) is 0 Å². The van der Waals surface area contributed by atoms with Gasteiger partial charge in [-0.1, -0.05) is 41.9 Å². The summed E-state index contributed by atoms with van der Waals surface area (Å²) in [5.41, 5.74) is 16.4. The number of rotatable bonds is 8. The number of hydrogen-bond acceptors (Lipinski definition) is 9. The van der Waals surface area contributed by atoms with Crippen LogP contribution in [0.25, 0.3) is 0 Å². The molecule has 0 saturated carbocycles. The van der Waals surface area contributed by atoms with Crippen molar-refractivity contribution in [3.8, 4) is 0 Å². The SMILES string of the molecule is N=C(NCC1(CCc2ccccc2)CCN(C(=N)N)CC1)NC(=O)c1nc(Cl)c(N(N)C(N)=O)nc1N(N)C(N)=O. The molecule has 1 fully saturated rings. The van der Waals surface area contributed by atoms with E-state index in [-0.39, 0.29) is 17.3 Å².